The van der Waals surface area contributed by atoms with Gasteiger partial charge in [0.05, 0.1) is 35.1 Å². The summed E-state index contributed by atoms with van der Waals surface area (Å²) < 4.78 is 6.63. The maximum absolute atomic E-state index is 9.77. The molecule has 5 rings (SSSR count). The van der Waals surface area contributed by atoms with Crippen molar-refractivity contribution in [3.8, 4) is 11.4 Å². The van der Waals surface area contributed by atoms with E-state index in [0.29, 0.717) is 19.0 Å². The first-order chi connectivity index (χ1) is 14.7. The monoisotopic (exact) mass is 427 g/mol. The molecule has 3 N–H and O–H groups in total. The van der Waals surface area contributed by atoms with Crippen LogP contribution in [0.2, 0.25) is 0 Å². The van der Waals surface area contributed by atoms with Crippen molar-refractivity contribution < 1.29 is 9.84 Å². The number of nitrogens with two attached hydrogens (primary N) is 1. The quantitative estimate of drug-likeness (QED) is 0.640. The lowest BCUT2D eigenvalue weighted by Gasteiger charge is -2.29. The van der Waals surface area contributed by atoms with Crippen molar-refractivity contribution in [2.75, 3.05) is 50.0 Å². The van der Waals surface area contributed by atoms with Crippen LogP contribution < -0.4 is 10.6 Å². The summed E-state index contributed by atoms with van der Waals surface area (Å²) in [5, 5.41) is 9.77. The van der Waals surface area contributed by atoms with E-state index >= 15 is 0 Å². The highest BCUT2D eigenvalue weighted by Gasteiger charge is 2.22. The molecular weight excluding hydrogens is 402 g/mol. The number of rotatable bonds is 4. The van der Waals surface area contributed by atoms with E-state index in [1.807, 2.05) is 0 Å². The van der Waals surface area contributed by atoms with E-state index in [1.54, 1.807) is 23.7 Å². The summed E-state index contributed by atoms with van der Waals surface area (Å²) in [5.41, 5.74) is 7.33. The van der Waals surface area contributed by atoms with Crippen LogP contribution in [0.15, 0.2) is 18.5 Å². The summed E-state index contributed by atoms with van der Waals surface area (Å²) in [6, 6.07) is 2.16. The Morgan fingerprint density at radius 3 is 2.57 bits per heavy atom. The van der Waals surface area contributed by atoms with Gasteiger partial charge in [0, 0.05) is 50.0 Å². The minimum Gasteiger partial charge on any atom is -0.393 e. The van der Waals surface area contributed by atoms with Crippen LogP contribution in [0.3, 0.4) is 0 Å². The van der Waals surface area contributed by atoms with Gasteiger partial charge in [0.25, 0.3) is 0 Å². The van der Waals surface area contributed by atoms with Crippen molar-refractivity contribution in [2.45, 2.75) is 25.5 Å². The molecule has 158 valence electrons. The molecule has 0 bridgehead atoms. The fourth-order valence-corrected chi connectivity index (χ4v) is 5.07. The van der Waals surface area contributed by atoms with Crippen LogP contribution in [-0.2, 0) is 11.3 Å². The zero-order chi connectivity index (χ0) is 20.5. The van der Waals surface area contributed by atoms with Crippen molar-refractivity contribution in [3.63, 3.8) is 0 Å². The number of ether oxygens (including phenoxy) is 1. The van der Waals surface area contributed by atoms with Crippen LogP contribution in [0.4, 0.5) is 11.8 Å². The number of hydrogen-bond donors (Lipinski definition) is 2. The molecule has 3 aromatic rings. The Morgan fingerprint density at radius 1 is 1.10 bits per heavy atom. The second-order valence-electron chi connectivity index (χ2n) is 7.73. The van der Waals surface area contributed by atoms with Gasteiger partial charge in [-0.3, -0.25) is 4.90 Å². The number of morpholine rings is 1. The standard InChI is InChI=1S/C20H25N7O2S/c21-20-22-10-13(11-23-20)18-24-16-9-15(12-26-3-1-14(28)2-4-26)30-17(16)19(25-18)27-5-7-29-8-6-27/h9-11,14,28H,1-8,12H2,(H2,21,22,23). The van der Waals surface area contributed by atoms with Gasteiger partial charge in [0.15, 0.2) is 11.6 Å². The lowest BCUT2D eigenvalue weighted by molar-refractivity contribution is 0.0797. The number of thiophene rings is 1. The Balaban J connectivity index is 1.51. The third-order valence-electron chi connectivity index (χ3n) is 5.58. The molecule has 2 aliphatic rings. The largest absolute Gasteiger partial charge is 0.393 e. The maximum Gasteiger partial charge on any atom is 0.219 e. The Hall–Kier alpha value is -2.40. The van der Waals surface area contributed by atoms with Gasteiger partial charge >= 0.3 is 0 Å². The molecule has 0 aromatic carbocycles. The van der Waals surface area contributed by atoms with Gasteiger partial charge in [-0.2, -0.15) is 0 Å². The average molecular weight is 428 g/mol. The third-order valence-corrected chi connectivity index (χ3v) is 6.69. The summed E-state index contributed by atoms with van der Waals surface area (Å²) in [6.07, 6.45) is 4.85. The molecule has 0 amide bonds. The summed E-state index contributed by atoms with van der Waals surface area (Å²) in [6.45, 7) is 5.72. The highest BCUT2D eigenvalue weighted by molar-refractivity contribution is 7.19. The number of aromatic nitrogens is 4. The molecule has 30 heavy (non-hydrogen) atoms. The summed E-state index contributed by atoms with van der Waals surface area (Å²) in [4.78, 5) is 23.8. The van der Waals surface area contributed by atoms with E-state index in [4.69, 9.17) is 20.4 Å². The van der Waals surface area contributed by atoms with Gasteiger partial charge in [0.2, 0.25) is 5.95 Å². The molecule has 0 spiro atoms. The number of aliphatic hydroxyl groups is 1. The number of nitrogens with zero attached hydrogens (tertiary/aromatic N) is 6. The van der Waals surface area contributed by atoms with Gasteiger partial charge < -0.3 is 20.5 Å². The van der Waals surface area contributed by atoms with E-state index in [1.165, 1.54) is 4.88 Å². The van der Waals surface area contributed by atoms with Crippen LogP contribution >= 0.6 is 11.3 Å². The Kier molecular flexibility index (Phi) is 5.47. The number of anilines is 2. The van der Waals surface area contributed by atoms with Gasteiger partial charge in [-0.15, -0.1) is 11.3 Å². The average Bonchev–Trinajstić information content (AvgIpc) is 3.18. The second-order valence-corrected chi connectivity index (χ2v) is 8.87. The number of likely N-dealkylation sites (tertiary alicyclic amines) is 1. The number of fused-ring (bicyclic) bond motifs is 1. The van der Waals surface area contributed by atoms with Crippen molar-refractivity contribution in [1.29, 1.82) is 0 Å². The number of piperidine rings is 1. The third kappa shape index (κ3) is 4.08. The topological polar surface area (TPSA) is 114 Å². The van der Waals surface area contributed by atoms with Crippen LogP contribution in [-0.4, -0.2) is 75.4 Å². The van der Waals surface area contributed by atoms with E-state index in [2.05, 4.69) is 25.8 Å². The smallest absolute Gasteiger partial charge is 0.219 e. The first kappa shape index (κ1) is 19.6. The molecule has 10 heteroatoms. The number of nitrogen functional groups attached to an aromatic ring is 1. The SMILES string of the molecule is Nc1ncc(-c2nc(N3CCOCC3)c3sc(CN4CCC(O)CC4)cc3n2)cn1. The molecule has 0 radical (unpaired) electrons. The van der Waals surface area contributed by atoms with Crippen molar-refractivity contribution in [3.05, 3.63) is 23.3 Å². The second kappa shape index (κ2) is 8.38. The molecule has 9 nitrogen and oxygen atoms in total. The van der Waals surface area contributed by atoms with Crippen LogP contribution in [0.25, 0.3) is 21.6 Å². The maximum atomic E-state index is 9.77. The Morgan fingerprint density at radius 2 is 1.83 bits per heavy atom. The molecule has 0 unspecified atom stereocenters. The van der Waals surface area contributed by atoms with E-state index < -0.39 is 0 Å². The summed E-state index contributed by atoms with van der Waals surface area (Å²) in [7, 11) is 0. The van der Waals surface area contributed by atoms with Crippen molar-refractivity contribution >= 4 is 33.3 Å². The van der Waals surface area contributed by atoms with E-state index in [0.717, 1.165) is 67.2 Å². The van der Waals surface area contributed by atoms with Gasteiger partial charge in [0.1, 0.15) is 0 Å². The van der Waals surface area contributed by atoms with E-state index in [-0.39, 0.29) is 12.1 Å². The predicted molar refractivity (Wildman–Crippen MR) is 116 cm³/mol. The van der Waals surface area contributed by atoms with Gasteiger partial charge in [-0.25, -0.2) is 19.9 Å². The molecule has 0 atom stereocenters. The van der Waals surface area contributed by atoms with Crippen LogP contribution in [0.1, 0.15) is 17.7 Å². The predicted octanol–water partition coefficient (Wildman–Crippen LogP) is 1.52. The molecule has 2 fully saturated rings. The lowest BCUT2D eigenvalue weighted by atomic mass is 10.1. The zero-order valence-electron chi connectivity index (χ0n) is 16.7. The molecule has 0 aliphatic carbocycles. The Bertz CT molecular complexity index is 1010. The molecule has 2 aliphatic heterocycles. The highest BCUT2D eigenvalue weighted by Crippen LogP contribution is 2.35. The Labute approximate surface area is 178 Å². The molecule has 3 aromatic heterocycles. The first-order valence-electron chi connectivity index (χ1n) is 10.3. The number of aliphatic hydroxyl groups excluding tert-OH is 1. The molecule has 5 heterocycles. The summed E-state index contributed by atoms with van der Waals surface area (Å²) in [5.74, 6) is 1.78. The van der Waals surface area contributed by atoms with Crippen molar-refractivity contribution in [1.82, 2.24) is 24.8 Å². The fraction of sp³-hybridized carbons (Fsp3) is 0.500. The number of hydrogen-bond acceptors (Lipinski definition) is 10. The van der Waals surface area contributed by atoms with Crippen LogP contribution in [0.5, 0.6) is 0 Å². The first-order valence-corrected chi connectivity index (χ1v) is 11.1. The van der Waals surface area contributed by atoms with E-state index in [9.17, 15) is 5.11 Å². The highest BCUT2D eigenvalue weighted by atomic mass is 32.1. The minimum absolute atomic E-state index is 0.160. The van der Waals surface area contributed by atoms with Gasteiger partial charge in [-0.1, -0.05) is 0 Å². The lowest BCUT2D eigenvalue weighted by Crippen LogP contribution is -2.36. The molecule has 0 saturated carbocycles. The van der Waals surface area contributed by atoms with Gasteiger partial charge in [-0.05, 0) is 18.9 Å². The van der Waals surface area contributed by atoms with Crippen molar-refractivity contribution in [2.24, 2.45) is 0 Å². The normalized spacial score (nSPS) is 18.9. The fourth-order valence-electron chi connectivity index (χ4n) is 3.91. The zero-order valence-corrected chi connectivity index (χ0v) is 17.5. The molecule has 2 saturated heterocycles. The summed E-state index contributed by atoms with van der Waals surface area (Å²) >= 11 is 1.76. The minimum atomic E-state index is -0.160. The molecular formula is C20H25N7O2S. The van der Waals surface area contributed by atoms with Crippen LogP contribution in [0, 0.1) is 0 Å².